The number of carbonyl (C=O) groups excluding carboxylic acids is 1. The van der Waals surface area contributed by atoms with Gasteiger partial charge in [-0.1, -0.05) is 20.3 Å². The fraction of sp³-hybridized carbons (Fsp3) is 0.889. The van der Waals surface area contributed by atoms with Gasteiger partial charge in [0.05, 0.1) is 0 Å². The molecule has 11 heavy (non-hydrogen) atoms. The molecular weight excluding hydrogens is 138 g/mol. The number of amides is 1. The zero-order valence-electron chi connectivity index (χ0n) is 7.68. The van der Waals surface area contributed by atoms with Crippen LogP contribution < -0.4 is 0 Å². The predicted octanol–water partition coefficient (Wildman–Crippen LogP) is 2.04. The van der Waals surface area contributed by atoms with Crippen LogP contribution in [0, 0.1) is 0 Å². The van der Waals surface area contributed by atoms with E-state index in [4.69, 9.17) is 0 Å². The molecule has 2 nitrogen and oxygen atoms in total. The van der Waals surface area contributed by atoms with Crippen LogP contribution in [0.3, 0.4) is 0 Å². The van der Waals surface area contributed by atoms with E-state index in [0.717, 1.165) is 19.5 Å². The van der Waals surface area contributed by atoms with E-state index >= 15 is 0 Å². The monoisotopic (exact) mass is 157 g/mol. The summed E-state index contributed by atoms with van der Waals surface area (Å²) < 4.78 is 0. The van der Waals surface area contributed by atoms with Gasteiger partial charge in [-0.15, -0.1) is 0 Å². The van der Waals surface area contributed by atoms with Crippen molar-refractivity contribution in [2.24, 2.45) is 0 Å². The fourth-order valence-corrected chi connectivity index (χ4v) is 1.02. The maximum atomic E-state index is 10.1. The minimum absolute atomic E-state index is 0.944. The minimum Gasteiger partial charge on any atom is -0.345 e. The summed E-state index contributed by atoms with van der Waals surface area (Å²) in [6.07, 6.45) is 5.88. The molecule has 1 saturated heterocycles. The molecule has 0 spiro atoms. The second-order valence-corrected chi connectivity index (χ2v) is 2.91. The highest BCUT2D eigenvalue weighted by molar-refractivity contribution is 5.46. The predicted molar refractivity (Wildman–Crippen MR) is 47.5 cm³/mol. The van der Waals surface area contributed by atoms with Crippen molar-refractivity contribution >= 4 is 6.41 Å². The molecule has 0 unspecified atom stereocenters. The fourth-order valence-electron chi connectivity index (χ4n) is 1.02. The number of rotatable bonds is 1. The number of likely N-dealkylation sites (tertiary alicyclic amines) is 1. The van der Waals surface area contributed by atoms with E-state index in [1.165, 1.54) is 25.7 Å². The highest BCUT2D eigenvalue weighted by Crippen LogP contribution is 2.05. The smallest absolute Gasteiger partial charge is 0.209 e. The average Bonchev–Trinajstić information content (AvgIpc) is 2.08. The third-order valence-corrected chi connectivity index (χ3v) is 1.54. The van der Waals surface area contributed by atoms with Gasteiger partial charge in [-0.3, -0.25) is 4.79 Å². The second kappa shape index (κ2) is 7.58. The van der Waals surface area contributed by atoms with Gasteiger partial charge in [-0.05, 0) is 19.3 Å². The molecular formula is C9H19NO. The first-order chi connectivity index (χ1) is 5.35. The molecule has 0 aromatic heterocycles. The summed E-state index contributed by atoms with van der Waals surface area (Å²) in [5, 5.41) is 0. The van der Waals surface area contributed by atoms with Gasteiger partial charge in [0.15, 0.2) is 0 Å². The standard InChI is InChI=1S/C6H11NO.C3H8/c8-6-7-4-2-1-3-5-7;1-3-2/h6H,1-5H2;3H2,1-2H3. The third kappa shape index (κ3) is 5.89. The molecule has 0 bridgehead atoms. The molecule has 0 radical (unpaired) electrons. The van der Waals surface area contributed by atoms with Gasteiger partial charge < -0.3 is 4.90 Å². The van der Waals surface area contributed by atoms with Gasteiger partial charge in [0.1, 0.15) is 0 Å². The van der Waals surface area contributed by atoms with E-state index in [1.54, 1.807) is 0 Å². The summed E-state index contributed by atoms with van der Waals surface area (Å²) in [7, 11) is 0. The molecule has 0 aromatic carbocycles. The molecule has 1 aliphatic rings. The summed E-state index contributed by atoms with van der Waals surface area (Å²) in [6, 6.07) is 0. The lowest BCUT2D eigenvalue weighted by atomic mass is 10.1. The molecule has 0 N–H and O–H groups in total. The van der Waals surface area contributed by atoms with E-state index in [1.807, 2.05) is 4.90 Å². The topological polar surface area (TPSA) is 20.3 Å². The number of hydrogen-bond donors (Lipinski definition) is 0. The van der Waals surface area contributed by atoms with Gasteiger partial charge in [0.25, 0.3) is 0 Å². The van der Waals surface area contributed by atoms with Crippen molar-refractivity contribution in [3.05, 3.63) is 0 Å². The lowest BCUT2D eigenvalue weighted by Gasteiger charge is -2.21. The van der Waals surface area contributed by atoms with Crippen LogP contribution in [0.1, 0.15) is 39.5 Å². The van der Waals surface area contributed by atoms with Gasteiger partial charge in [-0.2, -0.15) is 0 Å². The first-order valence-electron chi connectivity index (χ1n) is 4.54. The summed E-state index contributed by atoms with van der Waals surface area (Å²) in [4.78, 5) is 11.9. The Kier molecular flexibility index (Phi) is 7.21. The van der Waals surface area contributed by atoms with E-state index in [0.29, 0.717) is 0 Å². The van der Waals surface area contributed by atoms with Crippen LogP contribution in [-0.4, -0.2) is 24.4 Å². The zero-order chi connectivity index (χ0) is 8.53. The molecule has 1 heterocycles. The zero-order valence-corrected chi connectivity index (χ0v) is 7.68. The molecule has 0 saturated carbocycles. The van der Waals surface area contributed by atoms with Crippen LogP contribution >= 0.6 is 0 Å². The Morgan fingerprint density at radius 2 is 1.64 bits per heavy atom. The molecule has 0 aliphatic carbocycles. The van der Waals surface area contributed by atoms with E-state index in [2.05, 4.69) is 13.8 Å². The Morgan fingerprint density at radius 3 is 1.91 bits per heavy atom. The summed E-state index contributed by atoms with van der Waals surface area (Å²) in [5.41, 5.74) is 0. The number of nitrogens with zero attached hydrogens (tertiary/aromatic N) is 1. The lowest BCUT2D eigenvalue weighted by molar-refractivity contribution is -0.118. The molecule has 1 amide bonds. The molecule has 1 rings (SSSR count). The maximum Gasteiger partial charge on any atom is 0.209 e. The molecule has 1 aliphatic heterocycles. The van der Waals surface area contributed by atoms with Crippen LogP contribution in [-0.2, 0) is 4.79 Å². The minimum atomic E-state index is 0.944. The normalized spacial score (nSPS) is 16.7. The van der Waals surface area contributed by atoms with Crippen LogP contribution in [0.2, 0.25) is 0 Å². The maximum absolute atomic E-state index is 10.1. The summed E-state index contributed by atoms with van der Waals surface area (Å²) >= 11 is 0. The SMILES string of the molecule is CCC.O=CN1CCCCC1. The number of carbonyl (C=O) groups is 1. The Hall–Kier alpha value is -0.530. The van der Waals surface area contributed by atoms with Crippen molar-refractivity contribution < 1.29 is 4.79 Å². The van der Waals surface area contributed by atoms with Crippen LogP contribution in [0.5, 0.6) is 0 Å². The highest BCUT2D eigenvalue weighted by Gasteiger charge is 2.05. The average molecular weight is 157 g/mol. The molecule has 1 fully saturated rings. The number of piperidine rings is 1. The van der Waals surface area contributed by atoms with Crippen molar-refractivity contribution in [1.82, 2.24) is 4.90 Å². The van der Waals surface area contributed by atoms with Gasteiger partial charge in [0, 0.05) is 13.1 Å². The molecule has 2 heteroatoms. The molecule has 66 valence electrons. The van der Waals surface area contributed by atoms with Crippen LogP contribution in [0.25, 0.3) is 0 Å². The van der Waals surface area contributed by atoms with Gasteiger partial charge in [0.2, 0.25) is 6.41 Å². The van der Waals surface area contributed by atoms with E-state index < -0.39 is 0 Å². The van der Waals surface area contributed by atoms with Crippen molar-refractivity contribution in [2.45, 2.75) is 39.5 Å². The largest absolute Gasteiger partial charge is 0.345 e. The number of hydrogen-bond acceptors (Lipinski definition) is 1. The van der Waals surface area contributed by atoms with Crippen LogP contribution in [0.4, 0.5) is 0 Å². The Morgan fingerprint density at radius 1 is 1.18 bits per heavy atom. The van der Waals surface area contributed by atoms with Crippen molar-refractivity contribution in [3.8, 4) is 0 Å². The van der Waals surface area contributed by atoms with Crippen molar-refractivity contribution in [2.75, 3.05) is 13.1 Å². The van der Waals surface area contributed by atoms with E-state index in [-0.39, 0.29) is 0 Å². The van der Waals surface area contributed by atoms with Gasteiger partial charge in [-0.25, -0.2) is 0 Å². The Bertz CT molecular complexity index is 87.6. The Balaban J connectivity index is 0.000000292. The first-order valence-corrected chi connectivity index (χ1v) is 4.54. The quantitative estimate of drug-likeness (QED) is 0.533. The van der Waals surface area contributed by atoms with E-state index in [9.17, 15) is 4.79 Å². The molecule has 0 atom stereocenters. The summed E-state index contributed by atoms with van der Waals surface area (Å²) in [5.74, 6) is 0. The summed E-state index contributed by atoms with van der Waals surface area (Å²) in [6.45, 7) is 6.20. The van der Waals surface area contributed by atoms with Gasteiger partial charge >= 0.3 is 0 Å². The second-order valence-electron chi connectivity index (χ2n) is 2.91. The Labute approximate surface area is 69.6 Å². The first kappa shape index (κ1) is 10.5. The van der Waals surface area contributed by atoms with Crippen molar-refractivity contribution in [1.29, 1.82) is 0 Å². The van der Waals surface area contributed by atoms with Crippen molar-refractivity contribution in [3.63, 3.8) is 0 Å². The lowest BCUT2D eigenvalue weighted by Crippen LogP contribution is -2.27. The van der Waals surface area contributed by atoms with Crippen LogP contribution in [0.15, 0.2) is 0 Å². The molecule has 0 aromatic rings. The third-order valence-electron chi connectivity index (χ3n) is 1.54. The highest BCUT2D eigenvalue weighted by atomic mass is 16.1.